The monoisotopic (exact) mass is 311 g/mol. The molecule has 1 unspecified atom stereocenters. The normalized spacial score (nSPS) is 18.8. The number of piperidine rings is 1. The molecular formula is C16H22ClNO3. The maximum atomic E-state index is 12.5. The summed E-state index contributed by atoms with van der Waals surface area (Å²) >= 11 is 6.10. The Morgan fingerprint density at radius 1 is 1.38 bits per heavy atom. The molecule has 1 aromatic carbocycles. The van der Waals surface area contributed by atoms with Crippen molar-refractivity contribution in [3.8, 4) is 0 Å². The van der Waals surface area contributed by atoms with Crippen LogP contribution in [0.25, 0.3) is 0 Å². The molecule has 21 heavy (non-hydrogen) atoms. The summed E-state index contributed by atoms with van der Waals surface area (Å²) in [4.78, 5) is 14.3. The lowest BCUT2D eigenvalue weighted by molar-refractivity contribution is -0.0226. The van der Waals surface area contributed by atoms with E-state index in [0.29, 0.717) is 37.0 Å². The van der Waals surface area contributed by atoms with Crippen LogP contribution in [0.2, 0.25) is 5.02 Å². The molecule has 4 nitrogen and oxygen atoms in total. The lowest BCUT2D eigenvalue weighted by Gasteiger charge is -2.33. The van der Waals surface area contributed by atoms with E-state index in [2.05, 4.69) is 0 Å². The van der Waals surface area contributed by atoms with E-state index in [4.69, 9.17) is 21.1 Å². The average Bonchev–Trinajstić information content (AvgIpc) is 2.52. The van der Waals surface area contributed by atoms with Crippen molar-refractivity contribution in [2.45, 2.75) is 25.9 Å². The van der Waals surface area contributed by atoms with E-state index in [-0.39, 0.29) is 12.0 Å². The molecular weight excluding hydrogens is 290 g/mol. The summed E-state index contributed by atoms with van der Waals surface area (Å²) in [5.41, 5.74) is 0.564. The summed E-state index contributed by atoms with van der Waals surface area (Å²) in [6.07, 6.45) is 2.03. The van der Waals surface area contributed by atoms with Gasteiger partial charge in [-0.05, 0) is 31.9 Å². The van der Waals surface area contributed by atoms with Crippen LogP contribution in [0.3, 0.4) is 0 Å². The Morgan fingerprint density at radius 2 is 2.19 bits per heavy atom. The molecule has 1 fully saturated rings. The fraction of sp³-hybridized carbons (Fsp3) is 0.562. The molecule has 0 radical (unpaired) electrons. The maximum absolute atomic E-state index is 12.5. The molecule has 1 aliphatic rings. The van der Waals surface area contributed by atoms with Gasteiger partial charge < -0.3 is 14.4 Å². The second-order valence-electron chi connectivity index (χ2n) is 5.06. The molecule has 0 spiro atoms. The Kier molecular flexibility index (Phi) is 6.49. The van der Waals surface area contributed by atoms with E-state index in [1.54, 1.807) is 12.1 Å². The fourth-order valence-electron chi connectivity index (χ4n) is 2.48. The van der Waals surface area contributed by atoms with Crippen LogP contribution >= 0.6 is 11.6 Å². The van der Waals surface area contributed by atoms with E-state index in [1.807, 2.05) is 24.0 Å². The van der Waals surface area contributed by atoms with Crippen LogP contribution < -0.4 is 0 Å². The number of hydrogen-bond donors (Lipinski definition) is 0. The number of rotatable bonds is 6. The first-order chi connectivity index (χ1) is 10.2. The third-order valence-electron chi connectivity index (χ3n) is 3.55. The van der Waals surface area contributed by atoms with Crippen LogP contribution in [0.4, 0.5) is 0 Å². The van der Waals surface area contributed by atoms with Crippen molar-refractivity contribution in [3.05, 3.63) is 34.9 Å². The summed E-state index contributed by atoms with van der Waals surface area (Å²) in [5.74, 6) is -0.0151. The summed E-state index contributed by atoms with van der Waals surface area (Å²) < 4.78 is 11.0. The van der Waals surface area contributed by atoms with Crippen molar-refractivity contribution in [2.75, 3.05) is 32.9 Å². The van der Waals surface area contributed by atoms with Crippen LogP contribution in [0.1, 0.15) is 30.1 Å². The highest BCUT2D eigenvalue weighted by molar-refractivity contribution is 6.33. The Morgan fingerprint density at radius 3 is 2.95 bits per heavy atom. The van der Waals surface area contributed by atoms with Crippen LogP contribution in [0.5, 0.6) is 0 Å². The lowest BCUT2D eigenvalue weighted by Crippen LogP contribution is -2.43. The van der Waals surface area contributed by atoms with Crippen molar-refractivity contribution in [3.63, 3.8) is 0 Å². The van der Waals surface area contributed by atoms with Gasteiger partial charge in [0.2, 0.25) is 0 Å². The molecule has 2 rings (SSSR count). The molecule has 116 valence electrons. The van der Waals surface area contributed by atoms with Gasteiger partial charge in [-0.3, -0.25) is 4.79 Å². The third kappa shape index (κ3) is 4.70. The van der Waals surface area contributed by atoms with Crippen molar-refractivity contribution in [1.29, 1.82) is 0 Å². The molecule has 5 heteroatoms. The first kappa shape index (κ1) is 16.3. The number of carbonyl (C=O) groups excluding carboxylic acids is 1. The number of hydrogen-bond acceptors (Lipinski definition) is 3. The SMILES string of the molecule is CCOCCOC1CCCN(C(=O)c2ccccc2Cl)C1. The zero-order valence-corrected chi connectivity index (χ0v) is 13.1. The van der Waals surface area contributed by atoms with Crippen LogP contribution in [0, 0.1) is 0 Å². The summed E-state index contributed by atoms with van der Waals surface area (Å²) in [6, 6.07) is 7.17. The highest BCUT2D eigenvalue weighted by Gasteiger charge is 2.25. The van der Waals surface area contributed by atoms with Gasteiger partial charge in [0.15, 0.2) is 0 Å². The largest absolute Gasteiger partial charge is 0.379 e. The summed E-state index contributed by atoms with van der Waals surface area (Å²) in [7, 11) is 0. The Hall–Kier alpha value is -1.10. The minimum absolute atomic E-state index is 0.0151. The Bertz CT molecular complexity index is 467. The molecule has 0 bridgehead atoms. The summed E-state index contributed by atoms with van der Waals surface area (Å²) in [5, 5.41) is 0.502. The third-order valence-corrected chi connectivity index (χ3v) is 3.88. The first-order valence-electron chi connectivity index (χ1n) is 7.45. The van der Waals surface area contributed by atoms with Crippen molar-refractivity contribution in [1.82, 2.24) is 4.90 Å². The smallest absolute Gasteiger partial charge is 0.255 e. The summed E-state index contributed by atoms with van der Waals surface area (Å²) in [6.45, 7) is 5.22. The van der Waals surface area contributed by atoms with Gasteiger partial charge in [0, 0.05) is 19.7 Å². The number of benzene rings is 1. The molecule has 0 saturated carbocycles. The lowest BCUT2D eigenvalue weighted by atomic mass is 10.1. The van der Waals surface area contributed by atoms with E-state index in [9.17, 15) is 4.79 Å². The molecule has 1 aliphatic heterocycles. The zero-order chi connectivity index (χ0) is 15.1. The maximum Gasteiger partial charge on any atom is 0.255 e. The molecule has 0 aliphatic carbocycles. The first-order valence-corrected chi connectivity index (χ1v) is 7.83. The van der Waals surface area contributed by atoms with Crippen LogP contribution in [0.15, 0.2) is 24.3 Å². The highest BCUT2D eigenvalue weighted by Crippen LogP contribution is 2.20. The molecule has 1 atom stereocenters. The van der Waals surface area contributed by atoms with Gasteiger partial charge in [-0.1, -0.05) is 23.7 Å². The molecule has 0 aromatic heterocycles. The standard InChI is InChI=1S/C16H22ClNO3/c1-2-20-10-11-21-13-6-5-9-18(12-13)16(19)14-7-3-4-8-15(14)17/h3-4,7-8,13H,2,5-6,9-12H2,1H3. The minimum atomic E-state index is -0.0151. The Labute approximate surface area is 131 Å². The predicted molar refractivity (Wildman–Crippen MR) is 82.8 cm³/mol. The molecule has 1 amide bonds. The van der Waals surface area contributed by atoms with Gasteiger partial charge in [-0.25, -0.2) is 0 Å². The van der Waals surface area contributed by atoms with E-state index in [0.717, 1.165) is 19.4 Å². The second kappa shape index (κ2) is 8.37. The number of carbonyl (C=O) groups is 1. The number of nitrogens with zero attached hydrogens (tertiary/aromatic N) is 1. The van der Waals surface area contributed by atoms with Gasteiger partial charge in [0.1, 0.15) is 0 Å². The van der Waals surface area contributed by atoms with E-state index in [1.165, 1.54) is 0 Å². The van der Waals surface area contributed by atoms with Crippen molar-refractivity contribution in [2.24, 2.45) is 0 Å². The number of likely N-dealkylation sites (tertiary alicyclic amines) is 1. The zero-order valence-electron chi connectivity index (χ0n) is 12.4. The van der Waals surface area contributed by atoms with Gasteiger partial charge in [0.25, 0.3) is 5.91 Å². The topological polar surface area (TPSA) is 38.8 Å². The van der Waals surface area contributed by atoms with Gasteiger partial charge >= 0.3 is 0 Å². The number of halogens is 1. The van der Waals surface area contributed by atoms with Gasteiger partial charge in [-0.2, -0.15) is 0 Å². The van der Waals surface area contributed by atoms with E-state index >= 15 is 0 Å². The predicted octanol–water partition coefficient (Wildman–Crippen LogP) is 3.00. The highest BCUT2D eigenvalue weighted by atomic mass is 35.5. The van der Waals surface area contributed by atoms with Crippen molar-refractivity contribution >= 4 is 17.5 Å². The molecule has 1 aromatic rings. The average molecular weight is 312 g/mol. The fourth-order valence-corrected chi connectivity index (χ4v) is 2.70. The number of ether oxygens (including phenoxy) is 2. The van der Waals surface area contributed by atoms with Crippen LogP contribution in [-0.2, 0) is 9.47 Å². The van der Waals surface area contributed by atoms with Gasteiger partial charge in [0.05, 0.1) is 29.9 Å². The molecule has 1 heterocycles. The Balaban J connectivity index is 1.88. The quantitative estimate of drug-likeness (QED) is 0.758. The van der Waals surface area contributed by atoms with Crippen LogP contribution in [-0.4, -0.2) is 49.8 Å². The van der Waals surface area contributed by atoms with E-state index < -0.39 is 0 Å². The second-order valence-corrected chi connectivity index (χ2v) is 5.47. The number of amides is 1. The van der Waals surface area contributed by atoms with Crippen molar-refractivity contribution < 1.29 is 14.3 Å². The molecule has 1 saturated heterocycles. The van der Waals surface area contributed by atoms with Gasteiger partial charge in [-0.15, -0.1) is 0 Å². The minimum Gasteiger partial charge on any atom is -0.379 e. The molecule has 0 N–H and O–H groups in total.